The molecule has 0 atom stereocenters. The molecule has 0 aromatic heterocycles. The third-order valence-corrected chi connectivity index (χ3v) is 1.20. The van der Waals surface area contributed by atoms with Gasteiger partial charge in [-0.05, 0) is 13.0 Å². The molecule has 0 aromatic rings. The summed E-state index contributed by atoms with van der Waals surface area (Å²) in [5, 5.41) is 17.5. The molecular weight excluding hydrogens is 176 g/mol. The summed E-state index contributed by atoms with van der Waals surface area (Å²) in [6.07, 6.45) is 1.90. The molecule has 0 aliphatic heterocycles. The first kappa shape index (κ1) is 11.6. The monoisotopic (exact) mass is 188 g/mol. The van der Waals surface area contributed by atoms with Crippen LogP contribution in [0, 0.1) is 0 Å². The second-order valence-corrected chi connectivity index (χ2v) is 2.28. The van der Waals surface area contributed by atoms with Gasteiger partial charge in [0.1, 0.15) is 0 Å². The Kier molecular flexibility index (Phi) is 5.49. The van der Waals surface area contributed by atoms with Crippen LogP contribution in [0.15, 0.2) is 12.2 Å². The van der Waals surface area contributed by atoms with Crippen LogP contribution in [0.2, 0.25) is 0 Å². The molecule has 0 radical (unpaired) electrons. The fraction of sp³-hybridized carbons (Fsp3) is 0.429. The van der Waals surface area contributed by atoms with Crippen molar-refractivity contribution in [2.75, 3.05) is 13.1 Å². The van der Waals surface area contributed by atoms with Gasteiger partial charge in [0.2, 0.25) is 0 Å². The highest BCUT2D eigenvalue weighted by molar-refractivity contribution is 5.93. The van der Waals surface area contributed by atoms with Crippen LogP contribution in [0.3, 0.4) is 0 Å². The fourth-order valence-electron chi connectivity index (χ4n) is 0.580. The predicted octanol–water partition coefficient (Wildman–Crippen LogP) is -0.806. The lowest BCUT2D eigenvalue weighted by Crippen LogP contribution is -2.28. The highest BCUT2D eigenvalue weighted by Gasteiger charge is 2.05. The van der Waals surface area contributed by atoms with E-state index in [4.69, 9.17) is 16.0 Å². The zero-order valence-electron chi connectivity index (χ0n) is 7.01. The Morgan fingerprint density at radius 1 is 1.38 bits per heavy atom. The van der Waals surface area contributed by atoms with Gasteiger partial charge in [-0.1, -0.05) is 0 Å². The number of carboxylic acid groups (broad SMARTS) is 1. The summed E-state index contributed by atoms with van der Waals surface area (Å²) in [7, 11) is 0. The molecule has 1 amide bonds. The van der Waals surface area contributed by atoms with Gasteiger partial charge in [-0.15, -0.1) is 0 Å². The molecule has 0 unspecified atom stereocenters. The van der Waals surface area contributed by atoms with Gasteiger partial charge < -0.3 is 10.8 Å². The molecular formula is C7H12N2O4. The Labute approximate surface area is 75.2 Å². The van der Waals surface area contributed by atoms with Crippen LogP contribution in [0.4, 0.5) is 0 Å². The minimum atomic E-state index is -1.24. The number of hydrogen-bond acceptors (Lipinski definition) is 4. The molecule has 0 bridgehead atoms. The molecule has 0 aromatic carbocycles. The van der Waals surface area contributed by atoms with Crippen molar-refractivity contribution in [3.05, 3.63) is 12.2 Å². The molecule has 0 aliphatic rings. The molecule has 74 valence electrons. The Morgan fingerprint density at radius 2 is 2.00 bits per heavy atom. The Balaban J connectivity index is 3.89. The molecule has 6 nitrogen and oxygen atoms in total. The van der Waals surface area contributed by atoms with Crippen molar-refractivity contribution in [1.82, 2.24) is 5.06 Å². The van der Waals surface area contributed by atoms with Crippen LogP contribution >= 0.6 is 0 Å². The van der Waals surface area contributed by atoms with Crippen LogP contribution < -0.4 is 5.73 Å². The van der Waals surface area contributed by atoms with Gasteiger partial charge in [-0.3, -0.25) is 10.0 Å². The largest absolute Gasteiger partial charge is 0.478 e. The highest BCUT2D eigenvalue weighted by atomic mass is 16.5. The number of aliphatic carboxylic acids is 1. The van der Waals surface area contributed by atoms with E-state index in [9.17, 15) is 9.59 Å². The minimum Gasteiger partial charge on any atom is -0.478 e. The van der Waals surface area contributed by atoms with E-state index in [0.29, 0.717) is 24.1 Å². The molecule has 6 heteroatoms. The molecule has 0 saturated carbocycles. The van der Waals surface area contributed by atoms with Gasteiger partial charge in [0.25, 0.3) is 5.91 Å². The Morgan fingerprint density at radius 3 is 2.46 bits per heavy atom. The highest BCUT2D eigenvalue weighted by Crippen LogP contribution is 1.88. The van der Waals surface area contributed by atoms with E-state index >= 15 is 0 Å². The molecule has 0 saturated heterocycles. The zero-order chi connectivity index (χ0) is 10.3. The second kappa shape index (κ2) is 6.15. The third kappa shape index (κ3) is 5.83. The number of hydroxylamine groups is 2. The normalized spacial score (nSPS) is 10.3. The maximum Gasteiger partial charge on any atom is 0.328 e. The first-order chi connectivity index (χ1) is 6.07. The molecule has 0 fully saturated rings. The van der Waals surface area contributed by atoms with Crippen molar-refractivity contribution in [3.63, 3.8) is 0 Å². The van der Waals surface area contributed by atoms with E-state index in [0.717, 1.165) is 6.08 Å². The standard InChI is InChI=1S/C7H12N2O4/c8-4-1-5-9(13)6(10)2-3-7(11)12/h2-3,13H,1,4-5,8H2,(H,11,12)/b3-2+. The Hall–Kier alpha value is -1.40. The fourth-order valence-corrected chi connectivity index (χ4v) is 0.580. The summed E-state index contributed by atoms with van der Waals surface area (Å²) in [4.78, 5) is 20.8. The Bertz CT molecular complexity index is 215. The number of carbonyl (C=O) groups excluding carboxylic acids is 1. The average Bonchev–Trinajstić information content (AvgIpc) is 2.10. The number of rotatable bonds is 5. The third-order valence-electron chi connectivity index (χ3n) is 1.20. The van der Waals surface area contributed by atoms with Crippen LogP contribution in [-0.4, -0.2) is 40.3 Å². The summed E-state index contributed by atoms with van der Waals surface area (Å²) in [5.74, 6) is -2.00. The number of carbonyl (C=O) groups is 2. The lowest BCUT2D eigenvalue weighted by molar-refractivity contribution is -0.159. The maximum atomic E-state index is 10.8. The molecule has 13 heavy (non-hydrogen) atoms. The molecule has 4 N–H and O–H groups in total. The first-order valence-corrected chi connectivity index (χ1v) is 3.69. The van der Waals surface area contributed by atoms with E-state index < -0.39 is 11.9 Å². The predicted molar refractivity (Wildman–Crippen MR) is 43.9 cm³/mol. The van der Waals surface area contributed by atoms with Crippen LogP contribution in [-0.2, 0) is 9.59 Å². The summed E-state index contributed by atoms with van der Waals surface area (Å²) in [6.45, 7) is 0.451. The molecule has 0 rings (SSSR count). The number of carboxylic acids is 1. The van der Waals surface area contributed by atoms with E-state index in [1.54, 1.807) is 0 Å². The summed E-state index contributed by atoms with van der Waals surface area (Å²) in [5.41, 5.74) is 5.14. The van der Waals surface area contributed by atoms with Gasteiger partial charge in [-0.2, -0.15) is 0 Å². The van der Waals surface area contributed by atoms with Gasteiger partial charge in [0.15, 0.2) is 0 Å². The SMILES string of the molecule is NCCCN(O)C(=O)/C=C/C(=O)O. The molecule has 0 aliphatic carbocycles. The van der Waals surface area contributed by atoms with Crippen molar-refractivity contribution in [2.24, 2.45) is 5.73 Å². The van der Waals surface area contributed by atoms with Crippen molar-refractivity contribution in [3.8, 4) is 0 Å². The summed E-state index contributed by atoms with van der Waals surface area (Å²) in [6, 6.07) is 0. The number of hydrogen-bond donors (Lipinski definition) is 3. The van der Waals surface area contributed by atoms with Gasteiger partial charge in [0, 0.05) is 18.7 Å². The van der Waals surface area contributed by atoms with Gasteiger partial charge in [-0.25, -0.2) is 9.86 Å². The number of nitrogens with zero attached hydrogens (tertiary/aromatic N) is 1. The van der Waals surface area contributed by atoms with E-state index in [-0.39, 0.29) is 6.54 Å². The van der Waals surface area contributed by atoms with E-state index in [2.05, 4.69) is 0 Å². The van der Waals surface area contributed by atoms with Gasteiger partial charge >= 0.3 is 5.97 Å². The number of nitrogens with two attached hydrogens (primary N) is 1. The zero-order valence-corrected chi connectivity index (χ0v) is 7.01. The first-order valence-electron chi connectivity index (χ1n) is 3.69. The summed E-state index contributed by atoms with van der Waals surface area (Å²) >= 11 is 0. The van der Waals surface area contributed by atoms with E-state index in [1.807, 2.05) is 0 Å². The molecule has 0 heterocycles. The lowest BCUT2D eigenvalue weighted by Gasteiger charge is -2.10. The van der Waals surface area contributed by atoms with Crippen molar-refractivity contribution >= 4 is 11.9 Å². The lowest BCUT2D eigenvalue weighted by atomic mass is 10.4. The molecule has 0 spiro atoms. The minimum absolute atomic E-state index is 0.0965. The second-order valence-electron chi connectivity index (χ2n) is 2.28. The van der Waals surface area contributed by atoms with Crippen LogP contribution in [0.5, 0.6) is 0 Å². The van der Waals surface area contributed by atoms with Crippen LogP contribution in [0.25, 0.3) is 0 Å². The summed E-state index contributed by atoms with van der Waals surface area (Å²) < 4.78 is 0. The smallest absolute Gasteiger partial charge is 0.328 e. The quantitative estimate of drug-likeness (QED) is 0.297. The van der Waals surface area contributed by atoms with Crippen LogP contribution in [0.1, 0.15) is 6.42 Å². The van der Waals surface area contributed by atoms with Crippen molar-refractivity contribution in [1.29, 1.82) is 0 Å². The van der Waals surface area contributed by atoms with Crippen molar-refractivity contribution in [2.45, 2.75) is 6.42 Å². The number of amides is 1. The van der Waals surface area contributed by atoms with Gasteiger partial charge in [0.05, 0.1) is 0 Å². The topological polar surface area (TPSA) is 104 Å². The van der Waals surface area contributed by atoms with Crippen molar-refractivity contribution < 1.29 is 19.9 Å². The average molecular weight is 188 g/mol. The van der Waals surface area contributed by atoms with E-state index in [1.165, 1.54) is 0 Å². The maximum absolute atomic E-state index is 10.8.